The van der Waals surface area contributed by atoms with Gasteiger partial charge in [0.25, 0.3) is 5.91 Å². The highest BCUT2D eigenvalue weighted by atomic mass is 19.4. The molecule has 0 radical (unpaired) electrons. The fourth-order valence-corrected chi connectivity index (χ4v) is 4.22. The molecule has 4 rings (SSSR count). The molecule has 1 aliphatic heterocycles. The van der Waals surface area contributed by atoms with E-state index < -0.39 is 11.9 Å². The molecule has 1 aliphatic rings. The number of hydrogen-bond donors (Lipinski definition) is 1. The van der Waals surface area contributed by atoms with Gasteiger partial charge in [-0.05, 0) is 60.4 Å². The summed E-state index contributed by atoms with van der Waals surface area (Å²) in [7, 11) is 0. The van der Waals surface area contributed by atoms with E-state index >= 15 is 0 Å². The highest BCUT2D eigenvalue weighted by Gasteiger charge is 2.34. The van der Waals surface area contributed by atoms with Crippen LogP contribution in [0.5, 0.6) is 0 Å². The number of carbonyl (C=O) groups excluding carboxylic acids is 2. The number of aromatic nitrogens is 2. The lowest BCUT2D eigenvalue weighted by Gasteiger charge is -2.40. The van der Waals surface area contributed by atoms with Gasteiger partial charge in [0.2, 0.25) is 6.41 Å². The number of nitrogens with zero attached hydrogens (tertiary/aromatic N) is 3. The van der Waals surface area contributed by atoms with E-state index in [4.69, 9.17) is 0 Å². The highest BCUT2D eigenvalue weighted by Crippen LogP contribution is 2.36. The molecular formula is C24H25F3N4O2. The Kier molecular flexibility index (Phi) is 6.14. The molecule has 0 atom stereocenters. The summed E-state index contributed by atoms with van der Waals surface area (Å²) in [5.41, 5.74) is 0.391. The molecule has 0 aliphatic carbocycles. The Labute approximate surface area is 189 Å². The summed E-state index contributed by atoms with van der Waals surface area (Å²) in [6.45, 7) is 3.51. The zero-order valence-electron chi connectivity index (χ0n) is 18.2. The molecule has 3 aromatic rings. The summed E-state index contributed by atoms with van der Waals surface area (Å²) in [5, 5.41) is 1.05. The van der Waals surface area contributed by atoms with Crippen LogP contribution in [-0.4, -0.2) is 46.8 Å². The first-order valence-corrected chi connectivity index (χ1v) is 10.8. The van der Waals surface area contributed by atoms with Crippen molar-refractivity contribution in [2.45, 2.75) is 32.4 Å². The van der Waals surface area contributed by atoms with Crippen LogP contribution in [0, 0.1) is 5.41 Å². The Bertz CT molecular complexity index is 1150. The number of fused-ring (bicyclic) bond motifs is 1. The van der Waals surface area contributed by atoms with Gasteiger partial charge in [-0.25, -0.2) is 4.98 Å². The van der Waals surface area contributed by atoms with Crippen LogP contribution in [0.1, 0.15) is 42.2 Å². The first-order valence-electron chi connectivity index (χ1n) is 10.8. The minimum Gasteiger partial charge on any atom is -0.361 e. The summed E-state index contributed by atoms with van der Waals surface area (Å²) in [4.78, 5) is 34.3. The monoisotopic (exact) mass is 458 g/mol. The second-order valence-electron chi connectivity index (χ2n) is 8.81. The largest absolute Gasteiger partial charge is 0.433 e. The molecule has 6 nitrogen and oxygen atoms in total. The third kappa shape index (κ3) is 5.02. The number of pyridine rings is 1. The number of halogens is 3. The number of piperidine rings is 1. The van der Waals surface area contributed by atoms with Crippen molar-refractivity contribution in [2.75, 3.05) is 24.5 Å². The quantitative estimate of drug-likeness (QED) is 0.536. The summed E-state index contributed by atoms with van der Waals surface area (Å²) in [6, 6.07) is 11.1. The van der Waals surface area contributed by atoms with Crippen LogP contribution >= 0.6 is 0 Å². The molecule has 174 valence electrons. The molecule has 0 saturated carbocycles. The van der Waals surface area contributed by atoms with Crippen molar-refractivity contribution in [2.24, 2.45) is 5.41 Å². The Morgan fingerprint density at radius 3 is 2.67 bits per heavy atom. The van der Waals surface area contributed by atoms with Crippen LogP contribution in [0.15, 0.2) is 48.7 Å². The van der Waals surface area contributed by atoms with Crippen molar-refractivity contribution in [1.82, 2.24) is 14.9 Å². The first-order chi connectivity index (χ1) is 15.7. The van der Waals surface area contributed by atoms with Gasteiger partial charge in [0.15, 0.2) is 0 Å². The summed E-state index contributed by atoms with van der Waals surface area (Å²) >= 11 is 0. The average molecular weight is 458 g/mol. The van der Waals surface area contributed by atoms with E-state index in [9.17, 15) is 22.8 Å². The molecule has 1 saturated heterocycles. The lowest BCUT2D eigenvalue weighted by molar-refractivity contribution is -0.141. The number of carbonyl (C=O) groups is 2. The van der Waals surface area contributed by atoms with Gasteiger partial charge in [0.05, 0.1) is 0 Å². The van der Waals surface area contributed by atoms with Gasteiger partial charge in [-0.3, -0.25) is 14.5 Å². The molecular weight excluding hydrogens is 433 g/mol. The third-order valence-electron chi connectivity index (χ3n) is 6.46. The van der Waals surface area contributed by atoms with Crippen molar-refractivity contribution in [3.8, 4) is 0 Å². The molecule has 1 aromatic carbocycles. The number of anilines is 1. The minimum atomic E-state index is -4.57. The Morgan fingerprint density at radius 1 is 1.21 bits per heavy atom. The number of likely N-dealkylation sites (tertiary alicyclic amines) is 1. The summed E-state index contributed by atoms with van der Waals surface area (Å²) in [5.74, 6) is -0.0352. The van der Waals surface area contributed by atoms with Gasteiger partial charge in [-0.1, -0.05) is 19.1 Å². The number of aromatic amines is 1. The summed E-state index contributed by atoms with van der Waals surface area (Å²) < 4.78 is 38.9. The number of amides is 2. The first kappa shape index (κ1) is 22.8. The van der Waals surface area contributed by atoms with Gasteiger partial charge >= 0.3 is 6.18 Å². The molecule has 0 bridgehead atoms. The Balaban J connectivity index is 1.36. The van der Waals surface area contributed by atoms with E-state index in [1.54, 1.807) is 0 Å². The molecule has 9 heteroatoms. The van der Waals surface area contributed by atoms with Gasteiger partial charge < -0.3 is 9.88 Å². The zero-order valence-corrected chi connectivity index (χ0v) is 18.2. The van der Waals surface area contributed by atoms with E-state index in [0.717, 1.165) is 29.8 Å². The van der Waals surface area contributed by atoms with E-state index in [1.165, 1.54) is 17.0 Å². The molecule has 1 fully saturated rings. The van der Waals surface area contributed by atoms with Crippen molar-refractivity contribution in [3.05, 3.63) is 59.9 Å². The predicted molar refractivity (Wildman–Crippen MR) is 119 cm³/mol. The maximum Gasteiger partial charge on any atom is 0.433 e. The van der Waals surface area contributed by atoms with Crippen LogP contribution in [-0.2, 0) is 11.0 Å². The van der Waals surface area contributed by atoms with E-state index in [2.05, 4.69) is 16.9 Å². The number of nitrogens with one attached hydrogen (secondary N) is 1. The third-order valence-corrected chi connectivity index (χ3v) is 6.46. The average Bonchev–Trinajstić information content (AvgIpc) is 3.27. The lowest BCUT2D eigenvalue weighted by atomic mass is 9.77. The molecule has 2 amide bonds. The number of benzene rings is 1. The van der Waals surface area contributed by atoms with Gasteiger partial charge in [0.1, 0.15) is 11.5 Å². The van der Waals surface area contributed by atoms with Gasteiger partial charge in [-0.2, -0.15) is 13.2 Å². The standard InChI is InChI=1S/C24H25F3N4O2/c1-23(10-14-31(16-32)21-4-2-3-20(29-21)24(25,26)27)8-12-30(13-9-23)22(33)18-6-5-17-7-11-28-19(17)15-18/h2-7,11,15-16,28H,8-10,12-14H2,1H3. The van der Waals surface area contributed by atoms with Crippen LogP contribution in [0.25, 0.3) is 10.9 Å². The summed E-state index contributed by atoms with van der Waals surface area (Å²) in [6.07, 6.45) is -0.135. The minimum absolute atomic E-state index is 0.0174. The second kappa shape index (κ2) is 8.88. The molecule has 0 spiro atoms. The van der Waals surface area contributed by atoms with Crippen LogP contribution in [0.2, 0.25) is 0 Å². The Morgan fingerprint density at radius 2 is 1.97 bits per heavy atom. The maximum atomic E-state index is 13.0. The number of H-pyrrole nitrogens is 1. The fourth-order valence-electron chi connectivity index (χ4n) is 4.22. The Hall–Kier alpha value is -3.36. The molecule has 1 N–H and O–H groups in total. The normalized spacial score (nSPS) is 16.1. The van der Waals surface area contributed by atoms with Crippen LogP contribution < -0.4 is 4.90 Å². The predicted octanol–water partition coefficient (Wildman–Crippen LogP) is 4.88. The molecule has 0 unspecified atom stereocenters. The van der Waals surface area contributed by atoms with Crippen molar-refractivity contribution in [1.29, 1.82) is 0 Å². The molecule has 33 heavy (non-hydrogen) atoms. The van der Waals surface area contributed by atoms with E-state index in [1.807, 2.05) is 35.4 Å². The van der Waals surface area contributed by atoms with Crippen LogP contribution in [0.3, 0.4) is 0 Å². The highest BCUT2D eigenvalue weighted by molar-refractivity contribution is 5.98. The number of rotatable bonds is 6. The smallest absolute Gasteiger partial charge is 0.361 e. The number of alkyl halides is 3. The van der Waals surface area contributed by atoms with Gasteiger partial charge in [0, 0.05) is 36.9 Å². The van der Waals surface area contributed by atoms with Crippen LogP contribution in [0.4, 0.5) is 19.0 Å². The van der Waals surface area contributed by atoms with Crippen molar-refractivity contribution >= 4 is 29.0 Å². The SMILES string of the molecule is CC1(CCN(C=O)c2cccc(C(F)(F)F)n2)CCN(C(=O)c2ccc3cc[nH]c3c2)CC1. The van der Waals surface area contributed by atoms with E-state index in [0.29, 0.717) is 31.5 Å². The number of hydrogen-bond acceptors (Lipinski definition) is 3. The fraction of sp³-hybridized carbons (Fsp3) is 0.375. The molecule has 3 heterocycles. The second-order valence-corrected chi connectivity index (χ2v) is 8.81. The van der Waals surface area contributed by atoms with Crippen molar-refractivity contribution < 1.29 is 22.8 Å². The topological polar surface area (TPSA) is 69.3 Å². The zero-order chi connectivity index (χ0) is 23.6. The van der Waals surface area contributed by atoms with E-state index in [-0.39, 0.29) is 23.7 Å². The molecule has 2 aromatic heterocycles. The lowest BCUT2D eigenvalue weighted by Crippen LogP contribution is -2.43. The maximum absolute atomic E-state index is 13.0. The van der Waals surface area contributed by atoms with Gasteiger partial charge in [-0.15, -0.1) is 0 Å². The van der Waals surface area contributed by atoms with Crippen molar-refractivity contribution in [3.63, 3.8) is 0 Å².